The third kappa shape index (κ3) is 2.94. The molecule has 0 saturated heterocycles. The van der Waals surface area contributed by atoms with Crippen molar-refractivity contribution in [1.82, 2.24) is 9.78 Å². The van der Waals surface area contributed by atoms with Crippen LogP contribution in [0.5, 0.6) is 0 Å². The van der Waals surface area contributed by atoms with E-state index in [0.29, 0.717) is 5.69 Å². The maximum atomic E-state index is 12.4. The third-order valence-electron chi connectivity index (χ3n) is 3.36. The highest BCUT2D eigenvalue weighted by Gasteiger charge is 2.15. The highest BCUT2D eigenvalue weighted by Crippen LogP contribution is 2.25. The molecular weight excluding hydrogens is 294 g/mol. The smallest absolute Gasteiger partial charge is 0.276 e. The van der Waals surface area contributed by atoms with Crippen LogP contribution in [0.4, 0.5) is 5.69 Å². The molecule has 1 amide bonds. The third-order valence-corrected chi connectivity index (χ3v) is 4.25. The van der Waals surface area contributed by atoms with E-state index >= 15 is 0 Å². The molecule has 4 nitrogen and oxygen atoms in total. The Morgan fingerprint density at radius 1 is 1.27 bits per heavy atom. The van der Waals surface area contributed by atoms with Gasteiger partial charge in [-0.3, -0.25) is 9.48 Å². The van der Waals surface area contributed by atoms with Crippen LogP contribution >= 0.6 is 11.3 Å². The first kappa shape index (κ1) is 14.5. The van der Waals surface area contributed by atoms with Crippen LogP contribution in [0.2, 0.25) is 0 Å². The van der Waals surface area contributed by atoms with Crippen molar-refractivity contribution >= 4 is 22.9 Å². The molecular formula is C17H17N3OS. The van der Waals surface area contributed by atoms with E-state index < -0.39 is 0 Å². The number of nitrogens with one attached hydrogen (secondary N) is 1. The quantitative estimate of drug-likeness (QED) is 0.785. The maximum absolute atomic E-state index is 12.4. The summed E-state index contributed by atoms with van der Waals surface area (Å²) in [4.78, 5) is 13.5. The van der Waals surface area contributed by atoms with E-state index in [1.807, 2.05) is 66.4 Å². The first-order valence-electron chi connectivity index (χ1n) is 7.17. The molecule has 3 rings (SSSR count). The zero-order chi connectivity index (χ0) is 15.5. The van der Waals surface area contributed by atoms with Crippen LogP contribution in [0.25, 0.3) is 10.6 Å². The number of hydrogen-bond donors (Lipinski definition) is 1. The Kier molecular flexibility index (Phi) is 4.06. The molecule has 2 aromatic heterocycles. The van der Waals surface area contributed by atoms with Crippen LogP contribution in [0.15, 0.2) is 47.8 Å². The van der Waals surface area contributed by atoms with Crippen molar-refractivity contribution in [3.05, 3.63) is 59.1 Å². The Bertz CT molecular complexity index is 790. The van der Waals surface area contributed by atoms with E-state index in [4.69, 9.17) is 0 Å². The zero-order valence-electron chi connectivity index (χ0n) is 12.5. The van der Waals surface area contributed by atoms with Crippen molar-refractivity contribution < 1.29 is 4.79 Å². The van der Waals surface area contributed by atoms with E-state index in [1.54, 1.807) is 11.3 Å². The van der Waals surface area contributed by atoms with Crippen LogP contribution in [0, 0.1) is 6.92 Å². The van der Waals surface area contributed by atoms with Gasteiger partial charge in [0, 0.05) is 12.2 Å². The van der Waals surface area contributed by atoms with E-state index in [-0.39, 0.29) is 5.91 Å². The average Bonchev–Trinajstić information content (AvgIpc) is 3.16. The van der Waals surface area contributed by atoms with Crippen molar-refractivity contribution in [3.63, 3.8) is 0 Å². The number of nitrogens with zero attached hydrogens (tertiary/aromatic N) is 2. The molecule has 0 unspecified atom stereocenters. The summed E-state index contributed by atoms with van der Waals surface area (Å²) in [5, 5.41) is 9.33. The van der Waals surface area contributed by atoms with Gasteiger partial charge in [0.2, 0.25) is 0 Å². The molecule has 1 aromatic carbocycles. The summed E-state index contributed by atoms with van der Waals surface area (Å²) in [5.41, 5.74) is 3.31. The fraction of sp³-hybridized carbons (Fsp3) is 0.176. The summed E-state index contributed by atoms with van der Waals surface area (Å²) >= 11 is 1.64. The molecule has 0 bridgehead atoms. The minimum absolute atomic E-state index is 0.185. The van der Waals surface area contributed by atoms with E-state index in [9.17, 15) is 4.79 Å². The number of aromatic nitrogens is 2. The predicted octanol–water partition coefficient (Wildman–Crippen LogP) is 4.19. The largest absolute Gasteiger partial charge is 0.321 e. The number of anilines is 1. The number of thiophene rings is 1. The Morgan fingerprint density at radius 2 is 2.14 bits per heavy atom. The van der Waals surface area contributed by atoms with Crippen molar-refractivity contribution in [2.24, 2.45) is 0 Å². The predicted molar refractivity (Wildman–Crippen MR) is 90.3 cm³/mol. The molecule has 3 aromatic rings. The zero-order valence-corrected chi connectivity index (χ0v) is 13.4. The molecule has 0 aliphatic rings. The molecule has 112 valence electrons. The van der Waals surface area contributed by atoms with Crippen molar-refractivity contribution in [2.75, 3.05) is 5.32 Å². The number of rotatable bonds is 4. The van der Waals surface area contributed by atoms with Gasteiger partial charge in [-0.25, -0.2) is 0 Å². The van der Waals surface area contributed by atoms with E-state index in [0.717, 1.165) is 28.4 Å². The van der Waals surface area contributed by atoms with Gasteiger partial charge in [-0.1, -0.05) is 18.2 Å². The van der Waals surface area contributed by atoms with Gasteiger partial charge in [-0.15, -0.1) is 11.3 Å². The fourth-order valence-electron chi connectivity index (χ4n) is 2.31. The lowest BCUT2D eigenvalue weighted by atomic mass is 10.2. The van der Waals surface area contributed by atoms with Gasteiger partial charge >= 0.3 is 0 Å². The van der Waals surface area contributed by atoms with Gasteiger partial charge < -0.3 is 5.32 Å². The highest BCUT2D eigenvalue weighted by molar-refractivity contribution is 7.13. The van der Waals surface area contributed by atoms with Crippen molar-refractivity contribution in [1.29, 1.82) is 0 Å². The number of carbonyl (C=O) groups is 1. The number of hydrogen-bond acceptors (Lipinski definition) is 3. The molecule has 0 aliphatic carbocycles. The van der Waals surface area contributed by atoms with Crippen LogP contribution in [0.1, 0.15) is 23.0 Å². The molecule has 0 atom stereocenters. The van der Waals surface area contributed by atoms with Crippen molar-refractivity contribution in [3.8, 4) is 10.6 Å². The summed E-state index contributed by atoms with van der Waals surface area (Å²) in [5.74, 6) is -0.185. The van der Waals surface area contributed by atoms with Crippen molar-refractivity contribution in [2.45, 2.75) is 20.4 Å². The second-order valence-electron chi connectivity index (χ2n) is 5.03. The lowest BCUT2D eigenvalue weighted by Gasteiger charge is -2.03. The molecule has 5 heteroatoms. The standard InChI is InChI=1S/C17H17N3OS/c1-3-20-15(16-8-5-9-22-16)11-14(19-20)17(21)18-13-7-4-6-12(2)10-13/h4-11H,3H2,1-2H3,(H,18,21). The molecule has 0 radical (unpaired) electrons. The number of aryl methyl sites for hydroxylation is 2. The average molecular weight is 311 g/mol. The number of amides is 1. The summed E-state index contributed by atoms with van der Waals surface area (Å²) in [6, 6.07) is 13.6. The first-order chi connectivity index (χ1) is 10.7. The minimum Gasteiger partial charge on any atom is -0.321 e. The Hall–Kier alpha value is -2.40. The second-order valence-corrected chi connectivity index (χ2v) is 5.98. The summed E-state index contributed by atoms with van der Waals surface area (Å²) in [6.07, 6.45) is 0. The van der Waals surface area contributed by atoms with Gasteiger partial charge in [0.15, 0.2) is 5.69 Å². The molecule has 2 heterocycles. The van der Waals surface area contributed by atoms with Gasteiger partial charge in [-0.2, -0.15) is 5.10 Å². The first-order valence-corrected chi connectivity index (χ1v) is 8.05. The van der Waals surface area contributed by atoms with Gasteiger partial charge in [0.25, 0.3) is 5.91 Å². The topological polar surface area (TPSA) is 46.9 Å². The minimum atomic E-state index is -0.185. The SMILES string of the molecule is CCn1nc(C(=O)Nc2cccc(C)c2)cc1-c1cccs1. The number of carbonyl (C=O) groups excluding carboxylic acids is 1. The maximum Gasteiger partial charge on any atom is 0.276 e. The van der Waals surface area contributed by atoms with Crippen LogP contribution < -0.4 is 5.32 Å². The van der Waals surface area contributed by atoms with Crippen LogP contribution in [-0.4, -0.2) is 15.7 Å². The molecule has 0 fully saturated rings. The Labute approximate surface area is 133 Å². The van der Waals surface area contributed by atoms with Crippen LogP contribution in [-0.2, 0) is 6.54 Å². The summed E-state index contributed by atoms with van der Waals surface area (Å²) in [7, 11) is 0. The normalized spacial score (nSPS) is 10.6. The summed E-state index contributed by atoms with van der Waals surface area (Å²) < 4.78 is 1.86. The molecule has 22 heavy (non-hydrogen) atoms. The molecule has 0 spiro atoms. The van der Waals surface area contributed by atoms with Gasteiger partial charge in [-0.05, 0) is 49.1 Å². The van der Waals surface area contributed by atoms with E-state index in [2.05, 4.69) is 10.4 Å². The monoisotopic (exact) mass is 311 g/mol. The summed E-state index contributed by atoms with van der Waals surface area (Å²) in [6.45, 7) is 4.74. The fourth-order valence-corrected chi connectivity index (χ4v) is 3.06. The molecule has 1 N–H and O–H groups in total. The number of benzene rings is 1. The van der Waals surface area contributed by atoms with Gasteiger partial charge in [0.05, 0.1) is 10.6 Å². The molecule has 0 saturated carbocycles. The van der Waals surface area contributed by atoms with Gasteiger partial charge in [0.1, 0.15) is 0 Å². The Morgan fingerprint density at radius 3 is 2.82 bits per heavy atom. The van der Waals surface area contributed by atoms with Crippen LogP contribution in [0.3, 0.4) is 0 Å². The molecule has 0 aliphatic heterocycles. The Balaban J connectivity index is 1.87. The lowest BCUT2D eigenvalue weighted by molar-refractivity contribution is 0.102. The second kappa shape index (κ2) is 6.15. The lowest BCUT2D eigenvalue weighted by Crippen LogP contribution is -2.13. The van der Waals surface area contributed by atoms with E-state index in [1.165, 1.54) is 0 Å². The highest BCUT2D eigenvalue weighted by atomic mass is 32.1.